The first-order valence-corrected chi connectivity index (χ1v) is 7.93. The van der Waals surface area contributed by atoms with Gasteiger partial charge in [0.2, 0.25) is 0 Å². The second-order valence-electron chi connectivity index (χ2n) is 5.74. The van der Waals surface area contributed by atoms with Gasteiger partial charge in [-0.25, -0.2) is 4.79 Å². The zero-order valence-electron chi connectivity index (χ0n) is 11.8. The first-order chi connectivity index (χ1) is 9.93. The quantitative estimate of drug-likeness (QED) is 0.840. The molecule has 1 aromatic heterocycles. The number of hydrogen-bond donors (Lipinski definition) is 1. The van der Waals surface area contributed by atoms with Gasteiger partial charge in [-0.05, 0) is 20.3 Å². The SMILES string of the molecule is CC(C)N1C(=O)NC2(CCN(Cc3nnsc3Cl)C2)C1=O. The van der Waals surface area contributed by atoms with Gasteiger partial charge in [0.1, 0.15) is 15.6 Å². The summed E-state index contributed by atoms with van der Waals surface area (Å²) in [5.74, 6) is -0.132. The third-order valence-electron chi connectivity index (χ3n) is 3.94. The standard InChI is InChI=1S/C12H16ClN5O2S/c1-7(2)18-10(19)12(14-11(18)20)3-4-17(6-12)5-8-9(13)21-16-15-8/h7H,3-6H2,1-2H3,(H,14,20). The van der Waals surface area contributed by atoms with Gasteiger partial charge in [-0.3, -0.25) is 14.6 Å². The van der Waals surface area contributed by atoms with Crippen LogP contribution in [0.5, 0.6) is 0 Å². The number of hydrogen-bond acceptors (Lipinski definition) is 6. The lowest BCUT2D eigenvalue weighted by Crippen LogP contribution is -2.49. The normalized spacial score (nSPS) is 26.4. The molecule has 2 saturated heterocycles. The van der Waals surface area contributed by atoms with Gasteiger partial charge in [0.05, 0.1) is 0 Å². The second-order valence-corrected chi connectivity index (χ2v) is 7.09. The fourth-order valence-electron chi connectivity index (χ4n) is 2.91. The Morgan fingerprint density at radius 2 is 2.24 bits per heavy atom. The van der Waals surface area contributed by atoms with Crippen LogP contribution >= 0.6 is 23.1 Å². The molecule has 1 spiro atoms. The summed E-state index contributed by atoms with van der Waals surface area (Å²) < 4.78 is 4.37. The van der Waals surface area contributed by atoms with E-state index in [0.29, 0.717) is 30.4 Å². The Bertz CT molecular complexity index is 592. The fraction of sp³-hybridized carbons (Fsp3) is 0.667. The fourth-order valence-corrected chi connectivity index (χ4v) is 3.53. The van der Waals surface area contributed by atoms with Gasteiger partial charge in [0.25, 0.3) is 5.91 Å². The molecule has 3 amide bonds. The van der Waals surface area contributed by atoms with Crippen LogP contribution in [0.1, 0.15) is 26.0 Å². The molecule has 0 bridgehead atoms. The van der Waals surface area contributed by atoms with E-state index in [1.54, 1.807) is 0 Å². The van der Waals surface area contributed by atoms with Crippen LogP contribution in [0.4, 0.5) is 4.79 Å². The van der Waals surface area contributed by atoms with Gasteiger partial charge >= 0.3 is 6.03 Å². The zero-order valence-corrected chi connectivity index (χ0v) is 13.4. The summed E-state index contributed by atoms with van der Waals surface area (Å²) in [4.78, 5) is 27.9. The van der Waals surface area contributed by atoms with E-state index in [0.717, 1.165) is 17.2 Å². The maximum absolute atomic E-state index is 12.6. The van der Waals surface area contributed by atoms with E-state index in [2.05, 4.69) is 19.8 Å². The van der Waals surface area contributed by atoms with Crippen molar-refractivity contribution < 1.29 is 9.59 Å². The zero-order chi connectivity index (χ0) is 15.2. The average Bonchev–Trinajstić information content (AvgIpc) is 3.04. The van der Waals surface area contributed by atoms with Crippen LogP contribution in [-0.2, 0) is 11.3 Å². The summed E-state index contributed by atoms with van der Waals surface area (Å²) in [7, 11) is 0. The molecule has 0 aromatic carbocycles. The molecule has 1 atom stereocenters. The van der Waals surface area contributed by atoms with E-state index in [9.17, 15) is 9.59 Å². The number of aromatic nitrogens is 2. The molecule has 3 rings (SSSR count). The second kappa shape index (κ2) is 5.19. The molecule has 9 heteroatoms. The summed E-state index contributed by atoms with van der Waals surface area (Å²) in [6.45, 7) is 5.41. The predicted octanol–water partition coefficient (Wildman–Crippen LogP) is 1.10. The maximum Gasteiger partial charge on any atom is 0.325 e. The number of carbonyl (C=O) groups excluding carboxylic acids is 2. The first-order valence-electron chi connectivity index (χ1n) is 6.78. The van der Waals surface area contributed by atoms with E-state index >= 15 is 0 Å². The van der Waals surface area contributed by atoms with Gasteiger partial charge in [0.15, 0.2) is 0 Å². The predicted molar refractivity (Wildman–Crippen MR) is 78.1 cm³/mol. The van der Waals surface area contributed by atoms with Gasteiger partial charge in [-0.1, -0.05) is 16.1 Å². The highest BCUT2D eigenvalue weighted by atomic mass is 35.5. The molecule has 3 heterocycles. The maximum atomic E-state index is 12.6. The molecule has 0 radical (unpaired) electrons. The summed E-state index contributed by atoms with van der Waals surface area (Å²) in [6, 6.07) is -0.437. The number of imide groups is 1. The molecule has 1 N–H and O–H groups in total. The van der Waals surface area contributed by atoms with E-state index in [4.69, 9.17) is 11.6 Å². The molecule has 0 aliphatic carbocycles. The lowest BCUT2D eigenvalue weighted by atomic mass is 9.98. The number of halogens is 1. The largest absolute Gasteiger partial charge is 0.325 e. The molecule has 1 unspecified atom stereocenters. The number of nitrogens with one attached hydrogen (secondary N) is 1. The van der Waals surface area contributed by atoms with E-state index in [1.807, 2.05) is 13.8 Å². The topological polar surface area (TPSA) is 78.4 Å². The van der Waals surface area contributed by atoms with Crippen molar-refractivity contribution in [1.29, 1.82) is 0 Å². The Balaban J connectivity index is 1.73. The highest BCUT2D eigenvalue weighted by Gasteiger charge is 2.55. The summed E-state index contributed by atoms with van der Waals surface area (Å²) in [6.07, 6.45) is 0.607. The van der Waals surface area contributed by atoms with Crippen LogP contribution in [0.3, 0.4) is 0 Å². The smallest absolute Gasteiger partial charge is 0.322 e. The number of urea groups is 1. The molecule has 2 fully saturated rings. The molecule has 0 saturated carbocycles. The van der Waals surface area contributed by atoms with Gasteiger partial charge < -0.3 is 5.32 Å². The van der Waals surface area contributed by atoms with Gasteiger partial charge in [0, 0.05) is 37.2 Å². The number of carbonyl (C=O) groups is 2. The minimum absolute atomic E-state index is 0.132. The Morgan fingerprint density at radius 3 is 2.81 bits per heavy atom. The molecule has 2 aliphatic rings. The number of amides is 3. The van der Waals surface area contributed by atoms with Crippen molar-refractivity contribution in [2.45, 2.75) is 38.4 Å². The van der Waals surface area contributed by atoms with Crippen molar-refractivity contribution >= 4 is 35.1 Å². The summed E-state index contributed by atoms with van der Waals surface area (Å²) in [5.41, 5.74) is -0.0757. The molecular weight excluding hydrogens is 314 g/mol. The third-order valence-corrected chi connectivity index (χ3v) is 4.93. The summed E-state index contributed by atoms with van der Waals surface area (Å²) in [5, 5.41) is 6.85. The van der Waals surface area contributed by atoms with Crippen molar-refractivity contribution in [2.24, 2.45) is 0 Å². The van der Waals surface area contributed by atoms with Crippen molar-refractivity contribution in [1.82, 2.24) is 24.7 Å². The Morgan fingerprint density at radius 1 is 1.48 bits per heavy atom. The van der Waals surface area contributed by atoms with Crippen LogP contribution in [0.2, 0.25) is 4.34 Å². The van der Waals surface area contributed by atoms with Gasteiger partial charge in [-0.15, -0.1) is 5.10 Å². The van der Waals surface area contributed by atoms with Crippen LogP contribution in [-0.4, -0.2) is 56.0 Å². The van der Waals surface area contributed by atoms with E-state index in [-0.39, 0.29) is 18.0 Å². The van der Waals surface area contributed by atoms with Crippen LogP contribution in [0.15, 0.2) is 0 Å². The monoisotopic (exact) mass is 329 g/mol. The van der Waals surface area contributed by atoms with E-state index < -0.39 is 5.54 Å². The lowest BCUT2D eigenvalue weighted by Gasteiger charge is -2.23. The Hall–Kier alpha value is -1.25. The molecule has 21 heavy (non-hydrogen) atoms. The molecule has 1 aromatic rings. The van der Waals surface area contributed by atoms with Gasteiger partial charge in [-0.2, -0.15) is 0 Å². The van der Waals surface area contributed by atoms with Crippen LogP contribution < -0.4 is 5.32 Å². The van der Waals surface area contributed by atoms with Crippen molar-refractivity contribution in [3.8, 4) is 0 Å². The minimum Gasteiger partial charge on any atom is -0.322 e. The lowest BCUT2D eigenvalue weighted by molar-refractivity contribution is -0.132. The average molecular weight is 330 g/mol. The number of rotatable bonds is 3. The molecule has 2 aliphatic heterocycles. The highest BCUT2D eigenvalue weighted by Crippen LogP contribution is 2.31. The minimum atomic E-state index is -0.794. The Labute approximate surface area is 131 Å². The van der Waals surface area contributed by atoms with Crippen molar-refractivity contribution in [3.63, 3.8) is 0 Å². The molecule has 114 valence electrons. The Kier molecular flexibility index (Phi) is 3.62. The first kappa shape index (κ1) is 14.7. The summed E-state index contributed by atoms with van der Waals surface area (Å²) >= 11 is 7.16. The van der Waals surface area contributed by atoms with Crippen molar-refractivity contribution in [2.75, 3.05) is 13.1 Å². The molecular formula is C12H16ClN5O2S. The third kappa shape index (κ3) is 2.41. The highest BCUT2D eigenvalue weighted by molar-refractivity contribution is 7.10. The van der Waals surface area contributed by atoms with Crippen LogP contribution in [0, 0.1) is 0 Å². The number of likely N-dealkylation sites (tertiary alicyclic amines) is 1. The number of nitrogens with zero attached hydrogens (tertiary/aromatic N) is 4. The molecule has 7 nitrogen and oxygen atoms in total. The van der Waals surface area contributed by atoms with Crippen molar-refractivity contribution in [3.05, 3.63) is 10.0 Å². The van der Waals surface area contributed by atoms with E-state index in [1.165, 1.54) is 4.90 Å². The van der Waals surface area contributed by atoms with Crippen LogP contribution in [0.25, 0.3) is 0 Å².